The number of carbonyl (C=O) groups is 3. The Kier molecular flexibility index (Phi) is 8.09. The molecule has 1 saturated heterocycles. The van der Waals surface area contributed by atoms with Crippen molar-refractivity contribution in [2.75, 3.05) is 19.8 Å². The van der Waals surface area contributed by atoms with Crippen LogP contribution < -0.4 is 9.47 Å². The first-order chi connectivity index (χ1) is 16.2. The van der Waals surface area contributed by atoms with Crippen LogP contribution in [0.3, 0.4) is 0 Å². The van der Waals surface area contributed by atoms with Crippen molar-refractivity contribution in [3.8, 4) is 23.8 Å². The third kappa shape index (κ3) is 5.65. The fourth-order valence-electron chi connectivity index (χ4n) is 2.98. The van der Waals surface area contributed by atoms with Gasteiger partial charge in [0.25, 0.3) is 16.8 Å². The first kappa shape index (κ1) is 25.0. The molecule has 1 aliphatic rings. The zero-order valence-electron chi connectivity index (χ0n) is 17.8. The zero-order valence-corrected chi connectivity index (χ0v) is 20.2. The third-order valence-corrected chi connectivity index (χ3v) is 6.00. The Morgan fingerprint density at radius 1 is 1.26 bits per heavy atom. The molecule has 0 N–H and O–H groups in total. The maximum Gasteiger partial charge on any atom is 0.293 e. The van der Waals surface area contributed by atoms with Crippen LogP contribution in [0.2, 0.25) is 0 Å². The van der Waals surface area contributed by atoms with Crippen molar-refractivity contribution >= 4 is 56.4 Å². The van der Waals surface area contributed by atoms with Crippen LogP contribution in [0, 0.1) is 22.5 Å². The largest absolute Gasteiger partial charge is 0.490 e. The van der Waals surface area contributed by atoms with Gasteiger partial charge in [0.05, 0.1) is 27.5 Å². The number of nitro groups is 1. The number of nitrogens with zero attached hydrogens (tertiary/aromatic N) is 2. The molecule has 0 radical (unpaired) electrons. The molecule has 1 aliphatic heterocycles. The van der Waals surface area contributed by atoms with E-state index in [9.17, 15) is 24.5 Å². The van der Waals surface area contributed by atoms with Gasteiger partial charge in [0.15, 0.2) is 17.3 Å². The van der Waals surface area contributed by atoms with E-state index in [0.29, 0.717) is 39.9 Å². The van der Waals surface area contributed by atoms with Gasteiger partial charge >= 0.3 is 0 Å². The molecule has 0 spiro atoms. The summed E-state index contributed by atoms with van der Waals surface area (Å²) in [5, 5.41) is 10.2. The smallest absolute Gasteiger partial charge is 0.293 e. The monoisotopic (exact) mass is 544 g/mol. The molecule has 0 bridgehead atoms. The topological polar surface area (TPSA) is 116 Å². The fraction of sp³-hybridized carbons (Fsp3) is 0.174. The highest BCUT2D eigenvalue weighted by Crippen LogP contribution is 2.39. The fourth-order valence-corrected chi connectivity index (χ4v) is 4.39. The summed E-state index contributed by atoms with van der Waals surface area (Å²) in [6, 6.07) is 8.27. The van der Waals surface area contributed by atoms with Crippen molar-refractivity contribution < 1.29 is 28.8 Å². The lowest BCUT2D eigenvalue weighted by molar-refractivity contribution is -0.384. The normalized spacial score (nSPS) is 14.3. The molecular formula is C23H17BrN2O7S. The summed E-state index contributed by atoms with van der Waals surface area (Å²) >= 11 is 4.11. The summed E-state index contributed by atoms with van der Waals surface area (Å²) in [5.74, 6) is 2.06. The molecule has 34 heavy (non-hydrogen) atoms. The lowest BCUT2D eigenvalue weighted by Crippen LogP contribution is -2.33. The quantitative estimate of drug-likeness (QED) is 0.147. The van der Waals surface area contributed by atoms with E-state index in [0.717, 1.165) is 4.90 Å². The molecule has 9 nitrogen and oxygen atoms in total. The minimum absolute atomic E-state index is 0.0414. The number of nitro benzene ring substituents is 1. The van der Waals surface area contributed by atoms with Crippen LogP contribution >= 0.6 is 27.7 Å². The van der Waals surface area contributed by atoms with Crippen LogP contribution in [0.25, 0.3) is 6.08 Å². The molecule has 0 unspecified atom stereocenters. The highest BCUT2D eigenvalue weighted by atomic mass is 79.9. The predicted octanol–water partition coefficient (Wildman–Crippen LogP) is 4.69. The number of Topliss-reactive ketones (excluding diaryl/α,β-unsaturated/α-hetero) is 1. The van der Waals surface area contributed by atoms with Gasteiger partial charge in [0.1, 0.15) is 6.61 Å². The number of amides is 2. The van der Waals surface area contributed by atoms with Gasteiger partial charge in [-0.25, -0.2) is 0 Å². The van der Waals surface area contributed by atoms with Crippen LogP contribution in [0.5, 0.6) is 11.5 Å². The van der Waals surface area contributed by atoms with Gasteiger partial charge < -0.3 is 9.47 Å². The van der Waals surface area contributed by atoms with Gasteiger partial charge in [0.2, 0.25) is 0 Å². The first-order valence-electron chi connectivity index (χ1n) is 9.80. The molecule has 3 rings (SSSR count). The number of rotatable bonds is 9. The van der Waals surface area contributed by atoms with E-state index < -0.39 is 28.4 Å². The Hall–Kier alpha value is -3.62. The Balaban J connectivity index is 1.80. The second kappa shape index (κ2) is 11.0. The van der Waals surface area contributed by atoms with Crippen LogP contribution in [0.4, 0.5) is 10.5 Å². The molecule has 2 amide bonds. The summed E-state index contributed by atoms with van der Waals surface area (Å²) in [6.45, 7) is 1.73. The summed E-state index contributed by atoms with van der Waals surface area (Å²) in [4.78, 5) is 48.9. The molecule has 0 aliphatic carbocycles. The first-order valence-corrected chi connectivity index (χ1v) is 11.4. The maximum atomic E-state index is 12.8. The number of ketones is 1. The number of terminal acetylenes is 1. The van der Waals surface area contributed by atoms with Crippen LogP contribution in [0.15, 0.2) is 45.8 Å². The van der Waals surface area contributed by atoms with Crippen LogP contribution in [0.1, 0.15) is 22.8 Å². The summed E-state index contributed by atoms with van der Waals surface area (Å²) in [6.07, 6.45) is 6.77. The number of non-ortho nitro benzene ring substituents is 1. The van der Waals surface area contributed by atoms with E-state index in [-0.39, 0.29) is 22.8 Å². The van der Waals surface area contributed by atoms with E-state index in [4.69, 9.17) is 15.9 Å². The van der Waals surface area contributed by atoms with Gasteiger partial charge in [-0.3, -0.25) is 29.4 Å². The van der Waals surface area contributed by atoms with E-state index in [1.807, 2.05) is 0 Å². The number of benzene rings is 2. The number of imide groups is 1. The maximum absolute atomic E-state index is 12.8. The highest BCUT2D eigenvalue weighted by Gasteiger charge is 2.36. The number of carbonyl (C=O) groups excluding carboxylic acids is 3. The highest BCUT2D eigenvalue weighted by molar-refractivity contribution is 9.10. The SMILES string of the molecule is C#CCOc1c(Br)cc(/C=C2\SC(=O)N(CC(=O)c3ccc([N+](=O)[O-])cc3)C2=O)cc1OCC. The molecule has 0 atom stereocenters. The number of hydrogen-bond acceptors (Lipinski definition) is 8. The van der Waals surface area contributed by atoms with Gasteiger partial charge in [-0.2, -0.15) is 0 Å². The molecular weight excluding hydrogens is 528 g/mol. The zero-order chi connectivity index (χ0) is 24.8. The molecule has 0 saturated carbocycles. The molecule has 2 aromatic carbocycles. The molecule has 174 valence electrons. The van der Waals surface area contributed by atoms with Crippen molar-refractivity contribution in [3.05, 3.63) is 67.0 Å². The number of ether oxygens (including phenoxy) is 2. The second-order valence-electron chi connectivity index (χ2n) is 6.75. The standard InChI is InChI=1S/C23H17BrN2O7S/c1-3-9-33-21-17(24)10-14(11-19(21)32-4-2)12-20-22(28)25(23(29)34-20)13-18(27)15-5-7-16(8-6-15)26(30)31/h1,5-8,10-12H,4,9,13H2,2H3/b20-12-. The summed E-state index contributed by atoms with van der Waals surface area (Å²) < 4.78 is 11.7. The molecule has 1 fully saturated rings. The summed E-state index contributed by atoms with van der Waals surface area (Å²) in [7, 11) is 0. The lowest BCUT2D eigenvalue weighted by Gasteiger charge is -2.13. The third-order valence-electron chi connectivity index (χ3n) is 4.50. The van der Waals surface area contributed by atoms with Crippen molar-refractivity contribution in [1.82, 2.24) is 4.90 Å². The molecule has 11 heteroatoms. The Labute approximate surface area is 207 Å². The van der Waals surface area contributed by atoms with Gasteiger partial charge in [0, 0.05) is 17.7 Å². The predicted molar refractivity (Wildman–Crippen MR) is 130 cm³/mol. The second-order valence-corrected chi connectivity index (χ2v) is 8.60. The Bertz CT molecular complexity index is 1240. The van der Waals surface area contributed by atoms with Crippen molar-refractivity contribution in [2.24, 2.45) is 0 Å². The van der Waals surface area contributed by atoms with E-state index in [1.165, 1.54) is 30.3 Å². The van der Waals surface area contributed by atoms with Crippen LogP contribution in [-0.4, -0.2) is 46.5 Å². The van der Waals surface area contributed by atoms with Gasteiger partial charge in [-0.1, -0.05) is 5.92 Å². The number of thioether (sulfide) groups is 1. The average Bonchev–Trinajstić information content (AvgIpc) is 3.06. The van der Waals surface area contributed by atoms with E-state index in [1.54, 1.807) is 19.1 Å². The van der Waals surface area contributed by atoms with Gasteiger partial charge in [-0.05, 0) is 70.5 Å². The molecule has 1 heterocycles. The minimum Gasteiger partial charge on any atom is -0.490 e. The van der Waals surface area contributed by atoms with E-state index >= 15 is 0 Å². The van der Waals surface area contributed by atoms with Crippen LogP contribution in [-0.2, 0) is 4.79 Å². The summed E-state index contributed by atoms with van der Waals surface area (Å²) in [5.41, 5.74) is 0.552. The van der Waals surface area contributed by atoms with E-state index in [2.05, 4.69) is 21.9 Å². The van der Waals surface area contributed by atoms with Gasteiger partial charge in [-0.15, -0.1) is 6.42 Å². The van der Waals surface area contributed by atoms with Crippen molar-refractivity contribution in [2.45, 2.75) is 6.92 Å². The average molecular weight is 545 g/mol. The molecule has 2 aromatic rings. The number of hydrogen-bond donors (Lipinski definition) is 0. The van der Waals surface area contributed by atoms with Crippen molar-refractivity contribution in [1.29, 1.82) is 0 Å². The van der Waals surface area contributed by atoms with Crippen molar-refractivity contribution in [3.63, 3.8) is 0 Å². The minimum atomic E-state index is -0.619. The Morgan fingerprint density at radius 2 is 1.97 bits per heavy atom. The lowest BCUT2D eigenvalue weighted by atomic mass is 10.1. The molecule has 0 aromatic heterocycles. The Morgan fingerprint density at radius 3 is 2.59 bits per heavy atom. The number of halogens is 1.